The highest BCUT2D eigenvalue weighted by molar-refractivity contribution is 5.13. The quantitative estimate of drug-likeness (QED) is 0.785. The number of ether oxygens (including phenoxy) is 1. The molecule has 0 fully saturated rings. The molecule has 17 heavy (non-hydrogen) atoms. The van der Waals surface area contributed by atoms with Crippen LogP contribution in [0.25, 0.3) is 0 Å². The largest absolute Gasteiger partial charge is 0.375 e. The van der Waals surface area contributed by atoms with E-state index in [1.807, 2.05) is 11.6 Å². The molecule has 1 heterocycles. The zero-order valence-electron chi connectivity index (χ0n) is 11.3. The van der Waals surface area contributed by atoms with Gasteiger partial charge < -0.3 is 10.5 Å². The van der Waals surface area contributed by atoms with Crippen LogP contribution in [0.15, 0.2) is 0 Å². The van der Waals surface area contributed by atoms with E-state index in [1.165, 1.54) is 0 Å². The Morgan fingerprint density at radius 2 is 2.06 bits per heavy atom. The average molecular weight is 240 g/mol. The van der Waals surface area contributed by atoms with Crippen molar-refractivity contribution in [2.75, 3.05) is 13.7 Å². The van der Waals surface area contributed by atoms with Crippen molar-refractivity contribution in [1.82, 2.24) is 15.0 Å². The van der Waals surface area contributed by atoms with Gasteiger partial charge in [-0.1, -0.05) is 19.1 Å². The number of rotatable bonds is 7. The maximum absolute atomic E-state index is 5.58. The molecule has 0 bridgehead atoms. The maximum atomic E-state index is 5.58. The Hall–Kier alpha value is -0.940. The van der Waals surface area contributed by atoms with Crippen LogP contribution in [-0.2, 0) is 17.7 Å². The number of aromatic nitrogens is 3. The van der Waals surface area contributed by atoms with Gasteiger partial charge in [0.05, 0.1) is 17.5 Å². The predicted molar refractivity (Wildman–Crippen MR) is 67.7 cm³/mol. The van der Waals surface area contributed by atoms with Gasteiger partial charge in [-0.15, -0.1) is 5.10 Å². The molecule has 0 aliphatic carbocycles. The average Bonchev–Trinajstić information content (AvgIpc) is 2.69. The number of nitrogens with zero attached hydrogens (tertiary/aromatic N) is 3. The lowest BCUT2D eigenvalue weighted by Gasteiger charge is -2.14. The zero-order valence-corrected chi connectivity index (χ0v) is 11.3. The van der Waals surface area contributed by atoms with Crippen LogP contribution >= 0.6 is 0 Å². The Morgan fingerprint density at radius 1 is 1.35 bits per heavy atom. The van der Waals surface area contributed by atoms with Gasteiger partial charge >= 0.3 is 0 Å². The van der Waals surface area contributed by atoms with Crippen LogP contribution in [-0.4, -0.2) is 28.6 Å². The molecule has 1 aromatic heterocycles. The summed E-state index contributed by atoms with van der Waals surface area (Å²) < 4.78 is 7.34. The summed E-state index contributed by atoms with van der Waals surface area (Å²) in [6, 6.07) is 0. The summed E-state index contributed by atoms with van der Waals surface area (Å²) in [5.41, 5.74) is 7.62. The summed E-state index contributed by atoms with van der Waals surface area (Å²) in [5, 5.41) is 8.41. The molecule has 2 N–H and O–H groups in total. The molecular formula is C12H24N4O. The Balaban J connectivity index is 2.87. The molecule has 0 spiro atoms. The highest BCUT2D eigenvalue weighted by Crippen LogP contribution is 2.20. The third kappa shape index (κ3) is 3.78. The van der Waals surface area contributed by atoms with E-state index < -0.39 is 0 Å². The van der Waals surface area contributed by atoms with Crippen molar-refractivity contribution in [1.29, 1.82) is 0 Å². The van der Waals surface area contributed by atoms with Crippen molar-refractivity contribution in [2.45, 2.75) is 46.3 Å². The first-order chi connectivity index (χ1) is 8.10. The Kier molecular flexibility index (Phi) is 5.58. The lowest BCUT2D eigenvalue weighted by atomic mass is 10.1. The Morgan fingerprint density at radius 3 is 2.59 bits per heavy atom. The van der Waals surface area contributed by atoms with Gasteiger partial charge in [-0.05, 0) is 25.8 Å². The minimum Gasteiger partial charge on any atom is -0.375 e. The first kappa shape index (κ1) is 14.1. The predicted octanol–water partition coefficient (Wildman–Crippen LogP) is 1.53. The van der Waals surface area contributed by atoms with Gasteiger partial charge in [-0.3, -0.25) is 0 Å². The molecular weight excluding hydrogens is 216 g/mol. The van der Waals surface area contributed by atoms with Crippen molar-refractivity contribution < 1.29 is 4.74 Å². The topological polar surface area (TPSA) is 66.0 Å². The second kappa shape index (κ2) is 6.71. The fraction of sp³-hybridized carbons (Fsp3) is 0.833. The third-order valence-corrected chi connectivity index (χ3v) is 2.89. The maximum Gasteiger partial charge on any atom is 0.0978 e. The molecule has 1 aromatic rings. The summed E-state index contributed by atoms with van der Waals surface area (Å²) in [5.74, 6) is 0.655. The molecule has 1 atom stereocenters. The summed E-state index contributed by atoms with van der Waals surface area (Å²) in [6.07, 6.45) is 1.86. The lowest BCUT2D eigenvalue weighted by Crippen LogP contribution is -2.13. The van der Waals surface area contributed by atoms with Crippen molar-refractivity contribution >= 4 is 0 Å². The molecule has 0 saturated carbocycles. The molecule has 1 rings (SSSR count). The molecule has 1 unspecified atom stereocenters. The first-order valence-electron chi connectivity index (χ1n) is 6.25. The van der Waals surface area contributed by atoms with Gasteiger partial charge in [0.1, 0.15) is 0 Å². The van der Waals surface area contributed by atoms with E-state index >= 15 is 0 Å². The lowest BCUT2D eigenvalue weighted by molar-refractivity contribution is 0.110. The monoisotopic (exact) mass is 240 g/mol. The van der Waals surface area contributed by atoms with Crippen molar-refractivity contribution in [3.05, 3.63) is 11.4 Å². The van der Waals surface area contributed by atoms with Gasteiger partial charge in [-0.2, -0.15) is 0 Å². The minimum atomic E-state index is 0.0127. The fourth-order valence-electron chi connectivity index (χ4n) is 1.77. The molecule has 0 radical (unpaired) electrons. The van der Waals surface area contributed by atoms with Crippen LogP contribution in [0.1, 0.15) is 44.7 Å². The highest BCUT2D eigenvalue weighted by Gasteiger charge is 2.18. The SMILES string of the molecule is COC(C)c1c(CCN)nnn1CCC(C)C. The fourth-order valence-corrected chi connectivity index (χ4v) is 1.77. The van der Waals surface area contributed by atoms with Crippen molar-refractivity contribution in [3.8, 4) is 0 Å². The standard InChI is InChI=1S/C12H24N4O/c1-9(2)6-8-16-12(10(3)17-4)11(5-7-13)14-15-16/h9-10H,5-8,13H2,1-4H3. The van der Waals surface area contributed by atoms with E-state index in [0.29, 0.717) is 12.5 Å². The zero-order chi connectivity index (χ0) is 12.8. The van der Waals surface area contributed by atoms with E-state index in [1.54, 1.807) is 7.11 Å². The van der Waals surface area contributed by atoms with Gasteiger partial charge in [0, 0.05) is 20.1 Å². The number of methoxy groups -OCH3 is 1. The van der Waals surface area contributed by atoms with Gasteiger partial charge in [0.15, 0.2) is 0 Å². The molecule has 98 valence electrons. The third-order valence-electron chi connectivity index (χ3n) is 2.89. The van der Waals surface area contributed by atoms with Gasteiger partial charge in [0.2, 0.25) is 0 Å². The van der Waals surface area contributed by atoms with Crippen LogP contribution in [0.5, 0.6) is 0 Å². The van der Waals surface area contributed by atoms with Gasteiger partial charge in [-0.25, -0.2) is 4.68 Å². The molecule has 0 aliphatic heterocycles. The highest BCUT2D eigenvalue weighted by atomic mass is 16.5. The van der Waals surface area contributed by atoms with Crippen LogP contribution in [0, 0.1) is 5.92 Å². The summed E-state index contributed by atoms with van der Waals surface area (Å²) >= 11 is 0. The summed E-state index contributed by atoms with van der Waals surface area (Å²) in [6.45, 7) is 7.91. The molecule has 0 saturated heterocycles. The number of nitrogens with two attached hydrogens (primary N) is 1. The first-order valence-corrected chi connectivity index (χ1v) is 6.25. The van der Waals surface area contributed by atoms with Crippen LogP contribution < -0.4 is 5.73 Å². The van der Waals surface area contributed by atoms with E-state index in [0.717, 1.165) is 30.8 Å². The van der Waals surface area contributed by atoms with Crippen molar-refractivity contribution in [3.63, 3.8) is 0 Å². The van der Waals surface area contributed by atoms with E-state index in [4.69, 9.17) is 10.5 Å². The molecule has 5 heteroatoms. The van der Waals surface area contributed by atoms with E-state index in [9.17, 15) is 0 Å². The van der Waals surface area contributed by atoms with Crippen LogP contribution in [0.2, 0.25) is 0 Å². The van der Waals surface area contributed by atoms with E-state index in [-0.39, 0.29) is 6.10 Å². The van der Waals surface area contributed by atoms with Crippen molar-refractivity contribution in [2.24, 2.45) is 11.7 Å². The Bertz CT molecular complexity index is 335. The Labute approximate surface area is 103 Å². The van der Waals surface area contributed by atoms with Crippen LogP contribution in [0.3, 0.4) is 0 Å². The molecule has 0 amide bonds. The smallest absolute Gasteiger partial charge is 0.0978 e. The summed E-state index contributed by atoms with van der Waals surface area (Å²) in [7, 11) is 1.71. The number of hydrogen-bond acceptors (Lipinski definition) is 4. The van der Waals surface area contributed by atoms with E-state index in [2.05, 4.69) is 24.2 Å². The van der Waals surface area contributed by atoms with Gasteiger partial charge in [0.25, 0.3) is 0 Å². The molecule has 5 nitrogen and oxygen atoms in total. The number of hydrogen-bond donors (Lipinski definition) is 1. The summed E-state index contributed by atoms with van der Waals surface area (Å²) in [4.78, 5) is 0. The molecule has 0 aromatic carbocycles. The minimum absolute atomic E-state index is 0.0127. The second-order valence-electron chi connectivity index (χ2n) is 4.74. The second-order valence-corrected chi connectivity index (χ2v) is 4.74. The number of aryl methyl sites for hydroxylation is 1. The normalized spacial score (nSPS) is 13.3. The van der Waals surface area contributed by atoms with Crippen LogP contribution in [0.4, 0.5) is 0 Å². The molecule has 0 aliphatic rings.